The van der Waals surface area contributed by atoms with E-state index in [0.717, 1.165) is 17.5 Å². The molecule has 20 heavy (non-hydrogen) atoms. The van der Waals surface area contributed by atoms with Gasteiger partial charge in [0, 0.05) is 17.1 Å². The lowest BCUT2D eigenvalue weighted by Gasteiger charge is -2.15. The Labute approximate surface area is 119 Å². The number of rotatable bonds is 3. The summed E-state index contributed by atoms with van der Waals surface area (Å²) in [5.41, 5.74) is 5.08. The first-order chi connectivity index (χ1) is 9.63. The van der Waals surface area contributed by atoms with Crippen LogP contribution < -0.4 is 0 Å². The molecule has 0 unspecified atom stereocenters. The molecular weight excluding hydrogens is 250 g/mol. The molecule has 106 valence electrons. The minimum Gasteiger partial charge on any atom is -0.463 e. The summed E-state index contributed by atoms with van der Waals surface area (Å²) in [6.07, 6.45) is 7.12. The van der Waals surface area contributed by atoms with E-state index in [2.05, 4.69) is 17.1 Å². The predicted molar refractivity (Wildman–Crippen MR) is 79.9 cm³/mol. The second-order valence-corrected chi connectivity index (χ2v) is 5.90. The number of hydrogen-bond donors (Lipinski definition) is 1. The molecule has 0 bridgehead atoms. The van der Waals surface area contributed by atoms with Crippen molar-refractivity contribution < 1.29 is 9.53 Å². The van der Waals surface area contributed by atoms with Gasteiger partial charge in [-0.2, -0.15) is 0 Å². The van der Waals surface area contributed by atoms with Crippen LogP contribution in [0.3, 0.4) is 0 Å². The number of nitrogens with one attached hydrogen (secondary N) is 1. The van der Waals surface area contributed by atoms with Crippen LogP contribution in [0.2, 0.25) is 0 Å². The molecule has 1 aromatic heterocycles. The summed E-state index contributed by atoms with van der Waals surface area (Å²) in [4.78, 5) is 15.1. The Hall–Kier alpha value is -1.77. The number of benzene rings is 1. The van der Waals surface area contributed by atoms with Crippen LogP contribution >= 0.6 is 0 Å². The molecule has 3 nitrogen and oxygen atoms in total. The van der Waals surface area contributed by atoms with Crippen molar-refractivity contribution in [1.29, 1.82) is 0 Å². The zero-order valence-electron chi connectivity index (χ0n) is 12.2. The van der Waals surface area contributed by atoms with Gasteiger partial charge in [0.2, 0.25) is 0 Å². The molecular formula is C17H21NO2. The van der Waals surface area contributed by atoms with Gasteiger partial charge in [-0.3, -0.25) is 4.79 Å². The van der Waals surface area contributed by atoms with Crippen LogP contribution in [0, 0.1) is 0 Å². The summed E-state index contributed by atoms with van der Waals surface area (Å²) < 4.78 is 5.23. The minimum atomic E-state index is -0.154. The van der Waals surface area contributed by atoms with Crippen LogP contribution in [0.25, 0.3) is 10.9 Å². The van der Waals surface area contributed by atoms with Crippen LogP contribution in [-0.2, 0) is 28.8 Å². The molecule has 0 aliphatic heterocycles. The van der Waals surface area contributed by atoms with Gasteiger partial charge in [-0.05, 0) is 68.4 Å². The fourth-order valence-corrected chi connectivity index (χ4v) is 3.02. The molecule has 3 heteroatoms. The van der Waals surface area contributed by atoms with Crippen LogP contribution in [0.15, 0.2) is 18.3 Å². The number of carbonyl (C=O) groups is 1. The largest absolute Gasteiger partial charge is 0.463 e. The first kappa shape index (κ1) is 13.2. The first-order valence-corrected chi connectivity index (χ1v) is 7.44. The Kier molecular flexibility index (Phi) is 3.51. The molecule has 0 atom stereocenters. The molecule has 1 heterocycles. The zero-order chi connectivity index (χ0) is 14.1. The van der Waals surface area contributed by atoms with E-state index in [0.29, 0.717) is 6.42 Å². The molecule has 1 aliphatic carbocycles. The average molecular weight is 271 g/mol. The van der Waals surface area contributed by atoms with E-state index in [4.69, 9.17) is 4.74 Å². The lowest BCUT2D eigenvalue weighted by atomic mass is 9.90. The third kappa shape index (κ3) is 2.58. The Morgan fingerprint density at radius 2 is 1.95 bits per heavy atom. The quantitative estimate of drug-likeness (QED) is 0.868. The van der Waals surface area contributed by atoms with E-state index in [-0.39, 0.29) is 12.1 Å². The number of carbonyl (C=O) groups excluding carboxylic acids is 1. The van der Waals surface area contributed by atoms with Crippen molar-refractivity contribution in [3.05, 3.63) is 35.0 Å². The summed E-state index contributed by atoms with van der Waals surface area (Å²) in [6, 6.07) is 4.51. The van der Waals surface area contributed by atoms with Gasteiger partial charge in [-0.1, -0.05) is 0 Å². The molecule has 2 aromatic rings. The lowest BCUT2D eigenvalue weighted by molar-refractivity contribution is -0.146. The molecule has 0 saturated heterocycles. The second-order valence-electron chi connectivity index (χ2n) is 5.90. The molecule has 0 spiro atoms. The standard InChI is InChI=1S/C17H21NO2/c1-11(2)20-17(19)9-14-10-18-16-8-13-6-4-3-5-12(13)7-15(14)16/h7-8,10-11,18H,3-6,9H2,1-2H3. The number of fused-ring (bicyclic) bond motifs is 2. The fourth-order valence-electron chi connectivity index (χ4n) is 3.02. The number of hydrogen-bond acceptors (Lipinski definition) is 2. The van der Waals surface area contributed by atoms with E-state index < -0.39 is 0 Å². The molecule has 3 rings (SSSR count). The van der Waals surface area contributed by atoms with Crippen LogP contribution in [-0.4, -0.2) is 17.1 Å². The highest BCUT2D eigenvalue weighted by atomic mass is 16.5. The van der Waals surface area contributed by atoms with E-state index in [1.54, 1.807) is 0 Å². The number of aromatic nitrogens is 1. The second kappa shape index (κ2) is 5.31. The summed E-state index contributed by atoms with van der Waals surface area (Å²) in [5.74, 6) is -0.154. The average Bonchev–Trinajstić information content (AvgIpc) is 2.77. The fraction of sp³-hybridized carbons (Fsp3) is 0.471. The van der Waals surface area contributed by atoms with E-state index in [1.165, 1.54) is 35.8 Å². The molecule has 1 aromatic carbocycles. The van der Waals surface area contributed by atoms with Gasteiger partial charge >= 0.3 is 5.97 Å². The molecule has 0 fully saturated rings. The molecule has 1 N–H and O–H groups in total. The molecule has 0 amide bonds. The Morgan fingerprint density at radius 1 is 1.25 bits per heavy atom. The molecule has 0 radical (unpaired) electrons. The van der Waals surface area contributed by atoms with Crippen molar-refractivity contribution in [2.75, 3.05) is 0 Å². The van der Waals surface area contributed by atoms with E-state index in [9.17, 15) is 4.79 Å². The highest BCUT2D eigenvalue weighted by Gasteiger charge is 2.15. The Balaban J connectivity index is 1.90. The van der Waals surface area contributed by atoms with Gasteiger partial charge in [0.15, 0.2) is 0 Å². The number of aromatic amines is 1. The lowest BCUT2D eigenvalue weighted by Crippen LogP contribution is -2.13. The number of aryl methyl sites for hydroxylation is 2. The van der Waals surface area contributed by atoms with Crippen molar-refractivity contribution in [2.45, 2.75) is 52.1 Å². The normalized spacial score (nSPS) is 14.6. The Bertz CT molecular complexity index is 640. The SMILES string of the molecule is CC(C)OC(=O)Cc1c[nH]c2cc3c(cc12)CCCC3. The van der Waals surface area contributed by atoms with Crippen molar-refractivity contribution >= 4 is 16.9 Å². The third-order valence-electron chi connectivity index (χ3n) is 3.93. The van der Waals surface area contributed by atoms with Gasteiger partial charge in [0.05, 0.1) is 12.5 Å². The monoisotopic (exact) mass is 271 g/mol. The van der Waals surface area contributed by atoms with Gasteiger partial charge in [0.25, 0.3) is 0 Å². The predicted octanol–water partition coefficient (Wildman–Crippen LogP) is 3.54. The van der Waals surface area contributed by atoms with Crippen molar-refractivity contribution in [2.24, 2.45) is 0 Å². The van der Waals surface area contributed by atoms with Crippen LogP contribution in [0.1, 0.15) is 43.4 Å². The molecule has 1 aliphatic rings. The first-order valence-electron chi connectivity index (χ1n) is 7.44. The third-order valence-corrected chi connectivity index (χ3v) is 3.93. The van der Waals surface area contributed by atoms with Crippen molar-refractivity contribution in [3.63, 3.8) is 0 Å². The van der Waals surface area contributed by atoms with E-state index in [1.807, 2.05) is 20.0 Å². The highest BCUT2D eigenvalue weighted by molar-refractivity contribution is 5.88. The topological polar surface area (TPSA) is 42.1 Å². The maximum Gasteiger partial charge on any atom is 0.310 e. The van der Waals surface area contributed by atoms with Gasteiger partial charge in [-0.15, -0.1) is 0 Å². The summed E-state index contributed by atoms with van der Waals surface area (Å²) in [5, 5.41) is 1.17. The van der Waals surface area contributed by atoms with Crippen LogP contribution in [0.5, 0.6) is 0 Å². The summed E-state index contributed by atoms with van der Waals surface area (Å²) >= 11 is 0. The number of esters is 1. The summed E-state index contributed by atoms with van der Waals surface area (Å²) in [7, 11) is 0. The van der Waals surface area contributed by atoms with Gasteiger partial charge < -0.3 is 9.72 Å². The number of H-pyrrole nitrogens is 1. The zero-order valence-corrected chi connectivity index (χ0v) is 12.2. The number of ether oxygens (including phenoxy) is 1. The van der Waals surface area contributed by atoms with E-state index >= 15 is 0 Å². The van der Waals surface area contributed by atoms with Crippen molar-refractivity contribution in [3.8, 4) is 0 Å². The highest BCUT2D eigenvalue weighted by Crippen LogP contribution is 2.28. The van der Waals surface area contributed by atoms with Crippen molar-refractivity contribution in [1.82, 2.24) is 4.98 Å². The maximum absolute atomic E-state index is 11.8. The Morgan fingerprint density at radius 3 is 2.65 bits per heavy atom. The molecule has 0 saturated carbocycles. The summed E-state index contributed by atoms with van der Waals surface area (Å²) in [6.45, 7) is 3.76. The van der Waals surface area contributed by atoms with Gasteiger partial charge in [0.1, 0.15) is 0 Å². The smallest absolute Gasteiger partial charge is 0.310 e. The minimum absolute atomic E-state index is 0.0551. The maximum atomic E-state index is 11.8. The van der Waals surface area contributed by atoms with Gasteiger partial charge in [-0.25, -0.2) is 0 Å². The van der Waals surface area contributed by atoms with Crippen LogP contribution in [0.4, 0.5) is 0 Å².